The van der Waals surface area contributed by atoms with Crippen LogP contribution in [-0.4, -0.2) is 30.7 Å². The second-order valence-electron chi connectivity index (χ2n) is 3.42. The van der Waals surface area contributed by atoms with Crippen molar-refractivity contribution in [3.05, 3.63) is 29.1 Å². The number of carbonyl (C=O) groups excluding carboxylic acids is 1. The Morgan fingerprint density at radius 1 is 1.05 bits per heavy atom. The molecule has 0 radical (unpaired) electrons. The van der Waals surface area contributed by atoms with Gasteiger partial charge >= 0.3 is 5.97 Å². The molecule has 1 aromatic carbocycles. The second kappa shape index (κ2) is 6.92. The highest BCUT2D eigenvalue weighted by molar-refractivity contribution is 7.51. The van der Waals surface area contributed by atoms with Gasteiger partial charge in [0.2, 0.25) is 34.8 Å². The SMILES string of the molecule is CP(CO)OCC(=O)Oc1c(F)c(F)c(F)c(F)c1F. The Morgan fingerprint density at radius 3 is 1.95 bits per heavy atom. The minimum atomic E-state index is -2.35. The zero-order valence-corrected chi connectivity index (χ0v) is 10.8. The van der Waals surface area contributed by atoms with Gasteiger partial charge in [0.25, 0.3) is 0 Å². The van der Waals surface area contributed by atoms with Gasteiger partial charge in [0.15, 0.2) is 0 Å². The van der Waals surface area contributed by atoms with Crippen LogP contribution in [0.25, 0.3) is 0 Å². The fourth-order valence-electron chi connectivity index (χ4n) is 1.02. The van der Waals surface area contributed by atoms with E-state index in [4.69, 9.17) is 9.63 Å². The van der Waals surface area contributed by atoms with Crippen molar-refractivity contribution in [2.75, 3.05) is 19.6 Å². The number of aliphatic hydroxyl groups excluding tert-OH is 1. The first-order valence-corrected chi connectivity index (χ1v) is 6.85. The number of halogens is 5. The summed E-state index contributed by atoms with van der Waals surface area (Å²) in [6.45, 7) is 0.642. The topological polar surface area (TPSA) is 55.8 Å². The fourth-order valence-corrected chi connectivity index (χ4v) is 1.43. The highest BCUT2D eigenvalue weighted by Crippen LogP contribution is 2.31. The number of aliphatic hydroxyl groups is 1. The number of hydrogen-bond acceptors (Lipinski definition) is 4. The summed E-state index contributed by atoms with van der Waals surface area (Å²) in [4.78, 5) is 11.2. The molecule has 0 aromatic heterocycles. The minimum Gasteiger partial charge on any atom is -0.418 e. The number of hydrogen-bond donors (Lipinski definition) is 1. The average Bonchev–Trinajstić information content (AvgIpc) is 2.44. The molecule has 0 amide bonds. The second-order valence-corrected chi connectivity index (χ2v) is 5.21. The molecule has 1 rings (SSSR count). The smallest absolute Gasteiger partial charge is 0.338 e. The lowest BCUT2D eigenvalue weighted by Gasteiger charge is -2.11. The van der Waals surface area contributed by atoms with Crippen LogP contribution in [0.1, 0.15) is 0 Å². The van der Waals surface area contributed by atoms with E-state index in [1.165, 1.54) is 6.66 Å². The summed E-state index contributed by atoms with van der Waals surface area (Å²) in [5.74, 6) is -14.4. The van der Waals surface area contributed by atoms with E-state index in [9.17, 15) is 26.7 Å². The molecule has 0 saturated heterocycles. The third-order valence-corrected chi connectivity index (χ3v) is 2.96. The first-order chi connectivity index (χ1) is 9.29. The molecule has 0 heterocycles. The zero-order valence-electron chi connectivity index (χ0n) is 9.92. The number of esters is 1. The maximum atomic E-state index is 13.2. The number of ether oxygens (including phenoxy) is 1. The van der Waals surface area contributed by atoms with Gasteiger partial charge in [-0.05, 0) is 6.66 Å². The molecule has 0 bridgehead atoms. The Kier molecular flexibility index (Phi) is 5.79. The predicted octanol–water partition coefficient (Wildman–Crippen LogP) is 2.28. The van der Waals surface area contributed by atoms with Crippen LogP contribution in [0.4, 0.5) is 22.0 Å². The van der Waals surface area contributed by atoms with Gasteiger partial charge in [-0.3, -0.25) is 0 Å². The van der Waals surface area contributed by atoms with Crippen molar-refractivity contribution in [3.63, 3.8) is 0 Å². The van der Waals surface area contributed by atoms with Crippen molar-refractivity contribution in [1.82, 2.24) is 0 Å². The Balaban J connectivity index is 2.91. The Hall–Kier alpha value is -1.31. The van der Waals surface area contributed by atoms with Gasteiger partial charge < -0.3 is 14.4 Å². The summed E-state index contributed by atoms with van der Waals surface area (Å²) in [7, 11) is -1.36. The first kappa shape index (κ1) is 16.7. The van der Waals surface area contributed by atoms with Crippen LogP contribution in [0, 0.1) is 29.1 Å². The minimum absolute atomic E-state index is 0.370. The summed E-state index contributed by atoms with van der Waals surface area (Å²) in [5.41, 5.74) is 0. The van der Waals surface area contributed by atoms with Gasteiger partial charge in [-0.25, -0.2) is 18.0 Å². The third kappa shape index (κ3) is 3.62. The fraction of sp³-hybridized carbons (Fsp3) is 0.300. The van der Waals surface area contributed by atoms with Crippen LogP contribution in [0.2, 0.25) is 0 Å². The van der Waals surface area contributed by atoms with Crippen LogP contribution < -0.4 is 4.74 Å². The molecular weight excluding hydrogens is 310 g/mol. The summed E-state index contributed by atoms with van der Waals surface area (Å²) in [5, 5.41) is 8.62. The molecule has 1 N–H and O–H groups in total. The molecule has 112 valence electrons. The van der Waals surface area contributed by atoms with E-state index in [0.717, 1.165) is 0 Å². The third-order valence-electron chi connectivity index (χ3n) is 1.99. The zero-order chi connectivity index (χ0) is 15.4. The molecular formula is C10H8F5O4P. The van der Waals surface area contributed by atoms with Gasteiger partial charge in [0.1, 0.15) is 6.61 Å². The van der Waals surface area contributed by atoms with Crippen molar-refractivity contribution in [3.8, 4) is 5.75 Å². The molecule has 0 saturated carbocycles. The van der Waals surface area contributed by atoms with E-state index in [0.29, 0.717) is 0 Å². The van der Waals surface area contributed by atoms with Crippen LogP contribution >= 0.6 is 8.15 Å². The van der Waals surface area contributed by atoms with Crippen LogP contribution in [0.3, 0.4) is 0 Å². The van der Waals surface area contributed by atoms with Gasteiger partial charge in [0.05, 0.1) is 14.5 Å². The molecule has 1 aromatic rings. The van der Waals surface area contributed by atoms with Gasteiger partial charge in [-0.15, -0.1) is 0 Å². The maximum Gasteiger partial charge on any atom is 0.338 e. The molecule has 10 heteroatoms. The molecule has 1 atom stereocenters. The molecule has 0 fully saturated rings. The van der Waals surface area contributed by atoms with Crippen LogP contribution in [0.15, 0.2) is 0 Å². The Bertz CT molecular complexity index is 496. The summed E-state index contributed by atoms with van der Waals surface area (Å²) >= 11 is 0. The Morgan fingerprint density at radius 2 is 1.50 bits per heavy atom. The van der Waals surface area contributed by atoms with E-state index >= 15 is 0 Å². The number of rotatable bonds is 5. The molecule has 0 aliphatic carbocycles. The van der Waals surface area contributed by atoms with Crippen LogP contribution in [-0.2, 0) is 9.32 Å². The molecule has 4 nitrogen and oxygen atoms in total. The summed E-state index contributed by atoms with van der Waals surface area (Å²) in [6, 6.07) is 0. The molecule has 0 aliphatic rings. The van der Waals surface area contributed by atoms with Crippen molar-refractivity contribution in [1.29, 1.82) is 0 Å². The van der Waals surface area contributed by atoms with Gasteiger partial charge in [-0.2, -0.15) is 8.78 Å². The van der Waals surface area contributed by atoms with Crippen molar-refractivity contribution >= 4 is 14.1 Å². The lowest BCUT2D eigenvalue weighted by atomic mass is 10.2. The van der Waals surface area contributed by atoms with Crippen molar-refractivity contribution in [2.24, 2.45) is 0 Å². The summed E-state index contributed by atoms with van der Waals surface area (Å²) < 4.78 is 73.4. The normalized spacial score (nSPS) is 12.3. The number of carbonyl (C=O) groups is 1. The summed E-state index contributed by atoms with van der Waals surface area (Å²) in [6.07, 6.45) is -0.370. The lowest BCUT2D eigenvalue weighted by molar-refractivity contribution is -0.136. The van der Waals surface area contributed by atoms with E-state index in [-0.39, 0.29) is 6.35 Å². The standard InChI is InChI=1S/C10H8F5O4P/c1-20(3-16)18-2-4(17)19-10-8(14)6(12)5(11)7(13)9(10)15/h16H,2-3H2,1H3. The van der Waals surface area contributed by atoms with E-state index in [1.807, 2.05) is 0 Å². The number of benzene rings is 1. The maximum absolute atomic E-state index is 13.2. The van der Waals surface area contributed by atoms with Gasteiger partial charge in [-0.1, -0.05) is 0 Å². The van der Waals surface area contributed by atoms with Crippen molar-refractivity contribution in [2.45, 2.75) is 0 Å². The van der Waals surface area contributed by atoms with E-state index < -0.39 is 55.6 Å². The van der Waals surface area contributed by atoms with Crippen molar-refractivity contribution < 1.29 is 41.1 Å². The van der Waals surface area contributed by atoms with Crippen LogP contribution in [0.5, 0.6) is 5.75 Å². The highest BCUT2D eigenvalue weighted by atomic mass is 31.1. The van der Waals surface area contributed by atoms with E-state index in [2.05, 4.69) is 4.74 Å². The highest BCUT2D eigenvalue weighted by Gasteiger charge is 2.28. The molecule has 20 heavy (non-hydrogen) atoms. The lowest BCUT2D eigenvalue weighted by Crippen LogP contribution is -2.17. The first-order valence-electron chi connectivity index (χ1n) is 4.96. The largest absolute Gasteiger partial charge is 0.418 e. The molecule has 0 aliphatic heterocycles. The predicted molar refractivity (Wildman–Crippen MR) is 57.7 cm³/mol. The molecule has 1 unspecified atom stereocenters. The molecule has 0 spiro atoms. The Labute approximate surface area is 110 Å². The van der Waals surface area contributed by atoms with Gasteiger partial charge in [0, 0.05) is 0 Å². The quantitative estimate of drug-likeness (QED) is 0.226. The average molecular weight is 318 g/mol. The van der Waals surface area contributed by atoms with E-state index in [1.54, 1.807) is 0 Å². The monoisotopic (exact) mass is 318 g/mol.